The van der Waals surface area contributed by atoms with Crippen LogP contribution in [0.1, 0.15) is 36.1 Å². The zero-order chi connectivity index (χ0) is 17.7. The Labute approximate surface area is 154 Å². The first-order valence-electron chi connectivity index (χ1n) is 9.68. The van der Waals surface area contributed by atoms with Crippen LogP contribution in [0.2, 0.25) is 0 Å². The third-order valence-corrected chi connectivity index (χ3v) is 5.59. The summed E-state index contributed by atoms with van der Waals surface area (Å²) in [4.78, 5) is 18.0. The summed E-state index contributed by atoms with van der Waals surface area (Å²) in [5.74, 6) is 1.91. The molecule has 5 rings (SSSR count). The molecule has 0 aliphatic carbocycles. The molecule has 0 amide bonds. The molecule has 4 heterocycles. The van der Waals surface area contributed by atoms with Crippen LogP contribution in [0.25, 0.3) is 11.0 Å². The quantitative estimate of drug-likeness (QED) is 0.752. The number of benzene rings is 1. The highest BCUT2D eigenvalue weighted by molar-refractivity contribution is 5.92. The average molecular weight is 347 g/mol. The van der Waals surface area contributed by atoms with E-state index in [1.165, 1.54) is 29.7 Å². The first kappa shape index (κ1) is 15.7. The minimum absolute atomic E-state index is 0.867. The Hall–Kier alpha value is -2.56. The molecule has 1 aromatic carbocycles. The number of anilines is 3. The van der Waals surface area contributed by atoms with Crippen LogP contribution in [0.15, 0.2) is 24.3 Å². The molecule has 1 saturated heterocycles. The fraction of sp³-hybridized carbons (Fsp3) is 0.429. The maximum atomic E-state index is 5.06. The summed E-state index contributed by atoms with van der Waals surface area (Å²) in [6.45, 7) is 7.38. The molecule has 0 radical (unpaired) electrons. The molecule has 3 aromatic rings. The van der Waals surface area contributed by atoms with Crippen molar-refractivity contribution in [3.05, 3.63) is 41.1 Å². The number of aromatic amines is 1. The highest BCUT2D eigenvalue weighted by Gasteiger charge is 2.25. The number of aromatic nitrogens is 3. The van der Waals surface area contributed by atoms with Crippen LogP contribution in [0.3, 0.4) is 0 Å². The van der Waals surface area contributed by atoms with Crippen LogP contribution in [-0.2, 0) is 6.42 Å². The molecule has 1 N–H and O–H groups in total. The third kappa shape index (κ3) is 2.54. The van der Waals surface area contributed by atoms with Gasteiger partial charge in [-0.15, -0.1) is 0 Å². The second kappa shape index (κ2) is 6.01. The number of hydrogen-bond donors (Lipinski definition) is 1. The average Bonchev–Trinajstić information content (AvgIpc) is 3.28. The Kier molecular flexibility index (Phi) is 3.62. The zero-order valence-corrected chi connectivity index (χ0v) is 15.5. The molecular formula is C21H25N5. The van der Waals surface area contributed by atoms with Gasteiger partial charge >= 0.3 is 0 Å². The lowest BCUT2D eigenvalue weighted by molar-refractivity contribution is 0.758. The van der Waals surface area contributed by atoms with E-state index < -0.39 is 0 Å². The summed E-state index contributed by atoms with van der Waals surface area (Å²) in [5, 5.41) is 1.12. The number of hydrogen-bond acceptors (Lipinski definition) is 4. The van der Waals surface area contributed by atoms with E-state index in [0.717, 1.165) is 61.0 Å². The van der Waals surface area contributed by atoms with Crippen molar-refractivity contribution >= 4 is 28.5 Å². The number of rotatable bonds is 2. The van der Waals surface area contributed by atoms with Gasteiger partial charge in [-0.3, -0.25) is 0 Å². The van der Waals surface area contributed by atoms with Crippen molar-refractivity contribution in [3.63, 3.8) is 0 Å². The van der Waals surface area contributed by atoms with Gasteiger partial charge in [0.2, 0.25) is 5.95 Å². The van der Waals surface area contributed by atoms with Crippen molar-refractivity contribution < 1.29 is 0 Å². The van der Waals surface area contributed by atoms with Gasteiger partial charge < -0.3 is 14.8 Å². The second-order valence-electron chi connectivity index (χ2n) is 7.64. The lowest BCUT2D eigenvalue weighted by Crippen LogP contribution is -2.27. The molecule has 134 valence electrons. The fourth-order valence-corrected chi connectivity index (χ4v) is 4.32. The molecule has 5 heteroatoms. The molecule has 0 bridgehead atoms. The summed E-state index contributed by atoms with van der Waals surface area (Å²) in [6.07, 6.45) is 4.76. The van der Waals surface area contributed by atoms with Crippen molar-refractivity contribution in [3.8, 4) is 0 Å². The van der Waals surface area contributed by atoms with Crippen molar-refractivity contribution in [2.24, 2.45) is 0 Å². The number of H-pyrrole nitrogens is 1. The zero-order valence-electron chi connectivity index (χ0n) is 15.5. The molecule has 0 unspecified atom stereocenters. The molecule has 2 aliphatic heterocycles. The van der Waals surface area contributed by atoms with E-state index in [1.54, 1.807) is 0 Å². The molecule has 5 nitrogen and oxygen atoms in total. The van der Waals surface area contributed by atoms with E-state index in [2.05, 4.69) is 52.9 Å². The summed E-state index contributed by atoms with van der Waals surface area (Å²) in [7, 11) is 0. The Bertz CT molecular complexity index is 968. The van der Waals surface area contributed by atoms with Crippen LogP contribution in [0.4, 0.5) is 17.5 Å². The monoisotopic (exact) mass is 347 g/mol. The van der Waals surface area contributed by atoms with Crippen molar-refractivity contribution in [1.29, 1.82) is 0 Å². The maximum Gasteiger partial charge on any atom is 0.229 e. The molecule has 0 spiro atoms. The van der Waals surface area contributed by atoms with Gasteiger partial charge in [0, 0.05) is 31.0 Å². The van der Waals surface area contributed by atoms with Crippen LogP contribution >= 0.6 is 0 Å². The highest BCUT2D eigenvalue weighted by Crippen LogP contribution is 2.37. The van der Waals surface area contributed by atoms with Gasteiger partial charge in [0.05, 0.1) is 5.39 Å². The van der Waals surface area contributed by atoms with Crippen molar-refractivity contribution in [2.45, 2.75) is 39.5 Å². The first-order valence-corrected chi connectivity index (χ1v) is 9.68. The summed E-state index contributed by atoms with van der Waals surface area (Å²) >= 11 is 0. The van der Waals surface area contributed by atoms with E-state index in [9.17, 15) is 0 Å². The summed E-state index contributed by atoms with van der Waals surface area (Å²) < 4.78 is 0. The molecule has 26 heavy (non-hydrogen) atoms. The topological polar surface area (TPSA) is 48.1 Å². The van der Waals surface area contributed by atoms with Gasteiger partial charge in [0.25, 0.3) is 0 Å². The Balaban J connectivity index is 1.69. The van der Waals surface area contributed by atoms with E-state index in [1.807, 2.05) is 0 Å². The van der Waals surface area contributed by atoms with Crippen LogP contribution in [-0.4, -0.2) is 34.6 Å². The van der Waals surface area contributed by atoms with E-state index in [-0.39, 0.29) is 0 Å². The fourth-order valence-electron chi connectivity index (χ4n) is 4.32. The molecule has 0 atom stereocenters. The van der Waals surface area contributed by atoms with E-state index in [4.69, 9.17) is 9.97 Å². The van der Waals surface area contributed by atoms with Gasteiger partial charge in [-0.1, -0.05) is 17.7 Å². The SMILES string of the molecule is Cc1ccc2c(c1)CCCN2c1nc(N2CCCC2)nc2[nH]c(C)cc12. The normalized spacial score (nSPS) is 17.2. The first-order chi connectivity index (χ1) is 12.7. The lowest BCUT2D eigenvalue weighted by atomic mass is 9.99. The van der Waals surface area contributed by atoms with Crippen molar-refractivity contribution in [2.75, 3.05) is 29.4 Å². The predicted octanol–water partition coefficient (Wildman–Crippen LogP) is 4.26. The minimum atomic E-state index is 0.867. The third-order valence-electron chi connectivity index (χ3n) is 5.59. The smallest absolute Gasteiger partial charge is 0.229 e. The minimum Gasteiger partial charge on any atom is -0.343 e. The summed E-state index contributed by atoms with van der Waals surface area (Å²) in [5.41, 5.74) is 6.14. The number of fused-ring (bicyclic) bond motifs is 2. The largest absolute Gasteiger partial charge is 0.343 e. The Morgan fingerprint density at radius 1 is 0.962 bits per heavy atom. The number of nitrogens with zero attached hydrogens (tertiary/aromatic N) is 4. The number of aryl methyl sites for hydroxylation is 3. The second-order valence-corrected chi connectivity index (χ2v) is 7.64. The molecular weight excluding hydrogens is 322 g/mol. The van der Waals surface area contributed by atoms with Gasteiger partial charge in [-0.25, -0.2) is 0 Å². The molecule has 1 fully saturated rings. The lowest BCUT2D eigenvalue weighted by Gasteiger charge is -2.31. The van der Waals surface area contributed by atoms with Gasteiger partial charge in [-0.05, 0) is 57.2 Å². The number of nitrogens with one attached hydrogen (secondary N) is 1. The molecule has 2 aromatic heterocycles. The van der Waals surface area contributed by atoms with Crippen LogP contribution < -0.4 is 9.80 Å². The van der Waals surface area contributed by atoms with Gasteiger partial charge in [0.1, 0.15) is 11.5 Å². The standard InChI is InChI=1S/C21H25N5/c1-14-7-8-18-16(12-14)6-5-11-26(18)20-17-13-15(2)22-19(17)23-21(24-20)25-9-3-4-10-25/h7-8,12-13H,3-6,9-11H2,1-2H3,(H,22,23,24). The predicted molar refractivity (Wildman–Crippen MR) is 107 cm³/mol. The Morgan fingerprint density at radius 3 is 2.65 bits per heavy atom. The van der Waals surface area contributed by atoms with Gasteiger partial charge in [-0.2, -0.15) is 9.97 Å². The summed E-state index contributed by atoms with van der Waals surface area (Å²) in [6, 6.07) is 8.97. The van der Waals surface area contributed by atoms with Crippen LogP contribution in [0, 0.1) is 13.8 Å². The van der Waals surface area contributed by atoms with E-state index >= 15 is 0 Å². The van der Waals surface area contributed by atoms with Gasteiger partial charge in [0.15, 0.2) is 0 Å². The molecule has 0 saturated carbocycles. The Morgan fingerprint density at radius 2 is 1.81 bits per heavy atom. The van der Waals surface area contributed by atoms with Crippen LogP contribution in [0.5, 0.6) is 0 Å². The molecule has 2 aliphatic rings. The van der Waals surface area contributed by atoms with Crippen molar-refractivity contribution in [1.82, 2.24) is 15.0 Å². The highest BCUT2D eigenvalue weighted by atomic mass is 15.3. The van der Waals surface area contributed by atoms with E-state index in [0.29, 0.717) is 0 Å². The maximum absolute atomic E-state index is 5.06.